The number of piperidine rings is 1. The van der Waals surface area contributed by atoms with Crippen LogP contribution in [-0.4, -0.2) is 53.2 Å². The van der Waals surface area contributed by atoms with Crippen LogP contribution >= 0.6 is 12.4 Å². The fourth-order valence-electron chi connectivity index (χ4n) is 3.48. The number of hydrogen-bond donors (Lipinski definition) is 2. The van der Waals surface area contributed by atoms with E-state index >= 15 is 0 Å². The van der Waals surface area contributed by atoms with Gasteiger partial charge in [0.15, 0.2) is 5.69 Å². The molecule has 1 aromatic heterocycles. The standard InChI is InChI=1S/C16H27N5O2.ClH/c1-12-15(19-20-21(12)13-6-8-17-9-7-13)16(22)18-10-11-23-14-4-2-3-5-14;/h13-14,17H,2-11H2,1H3,(H,18,22);1H. The highest BCUT2D eigenvalue weighted by atomic mass is 35.5. The maximum absolute atomic E-state index is 12.3. The summed E-state index contributed by atoms with van der Waals surface area (Å²) in [6, 6.07) is 0.344. The van der Waals surface area contributed by atoms with E-state index in [2.05, 4.69) is 20.9 Å². The lowest BCUT2D eigenvalue weighted by molar-refractivity contribution is 0.0581. The molecule has 0 aromatic carbocycles. The van der Waals surface area contributed by atoms with E-state index in [4.69, 9.17) is 4.74 Å². The molecule has 24 heavy (non-hydrogen) atoms. The molecule has 1 aliphatic carbocycles. The highest BCUT2D eigenvalue weighted by Crippen LogP contribution is 2.21. The van der Waals surface area contributed by atoms with Crippen molar-refractivity contribution in [3.8, 4) is 0 Å². The molecule has 2 heterocycles. The zero-order valence-electron chi connectivity index (χ0n) is 14.3. The smallest absolute Gasteiger partial charge is 0.273 e. The van der Waals surface area contributed by atoms with Crippen LogP contribution in [0.15, 0.2) is 0 Å². The Bertz CT molecular complexity index is 525. The summed E-state index contributed by atoms with van der Waals surface area (Å²) in [5.41, 5.74) is 1.29. The number of nitrogens with one attached hydrogen (secondary N) is 2. The Balaban J connectivity index is 0.00000208. The average molecular weight is 358 g/mol. The molecule has 3 rings (SSSR count). The van der Waals surface area contributed by atoms with Crippen molar-refractivity contribution in [2.45, 2.75) is 57.6 Å². The third kappa shape index (κ3) is 4.68. The van der Waals surface area contributed by atoms with Gasteiger partial charge in [-0.1, -0.05) is 18.1 Å². The minimum absolute atomic E-state index is 0. The summed E-state index contributed by atoms with van der Waals surface area (Å²) in [6.45, 7) is 4.99. The first kappa shape index (κ1) is 19.1. The Morgan fingerprint density at radius 3 is 2.71 bits per heavy atom. The quantitative estimate of drug-likeness (QED) is 0.756. The minimum Gasteiger partial charge on any atom is -0.376 e. The van der Waals surface area contributed by atoms with E-state index in [1.54, 1.807) is 0 Å². The van der Waals surface area contributed by atoms with Gasteiger partial charge >= 0.3 is 0 Å². The van der Waals surface area contributed by atoms with Gasteiger partial charge in [-0.25, -0.2) is 4.68 Å². The molecule has 2 aliphatic rings. The summed E-state index contributed by atoms with van der Waals surface area (Å²) in [6.07, 6.45) is 7.26. The summed E-state index contributed by atoms with van der Waals surface area (Å²) < 4.78 is 7.66. The van der Waals surface area contributed by atoms with E-state index in [9.17, 15) is 4.79 Å². The largest absolute Gasteiger partial charge is 0.376 e. The van der Waals surface area contributed by atoms with Crippen LogP contribution in [0.1, 0.15) is 60.7 Å². The van der Waals surface area contributed by atoms with E-state index in [0.29, 0.717) is 31.0 Å². The lowest BCUT2D eigenvalue weighted by Gasteiger charge is -2.23. The van der Waals surface area contributed by atoms with Gasteiger partial charge in [0.1, 0.15) is 0 Å². The van der Waals surface area contributed by atoms with Gasteiger partial charge in [-0.05, 0) is 45.7 Å². The molecule has 1 aromatic rings. The Hall–Kier alpha value is -1.18. The zero-order chi connectivity index (χ0) is 16.1. The average Bonchev–Trinajstić information content (AvgIpc) is 3.22. The summed E-state index contributed by atoms with van der Waals surface area (Å²) >= 11 is 0. The maximum Gasteiger partial charge on any atom is 0.273 e. The fraction of sp³-hybridized carbons (Fsp3) is 0.812. The molecule has 0 unspecified atom stereocenters. The summed E-state index contributed by atoms with van der Waals surface area (Å²) in [7, 11) is 0. The Morgan fingerprint density at radius 2 is 2.00 bits per heavy atom. The van der Waals surface area contributed by atoms with Gasteiger partial charge in [-0.15, -0.1) is 17.5 Å². The second-order valence-corrected chi connectivity index (χ2v) is 6.48. The van der Waals surface area contributed by atoms with Crippen LogP contribution in [0.25, 0.3) is 0 Å². The van der Waals surface area contributed by atoms with Gasteiger partial charge in [0, 0.05) is 6.54 Å². The third-order valence-corrected chi connectivity index (χ3v) is 4.84. The molecule has 8 heteroatoms. The molecule has 2 N–H and O–H groups in total. The molecule has 0 spiro atoms. The Labute approximate surface area is 149 Å². The minimum atomic E-state index is -0.155. The number of nitrogens with zero attached hydrogens (tertiary/aromatic N) is 3. The van der Waals surface area contributed by atoms with Crippen LogP contribution in [0.2, 0.25) is 0 Å². The predicted molar refractivity (Wildman–Crippen MR) is 93.7 cm³/mol. The van der Waals surface area contributed by atoms with Gasteiger partial charge in [-0.3, -0.25) is 4.79 Å². The number of carbonyl (C=O) groups excluding carboxylic acids is 1. The van der Waals surface area contributed by atoms with Crippen LogP contribution in [0.3, 0.4) is 0 Å². The molecular formula is C16H28ClN5O2. The first-order chi connectivity index (χ1) is 11.3. The molecule has 1 saturated carbocycles. The van der Waals surface area contributed by atoms with Gasteiger partial charge in [0.25, 0.3) is 5.91 Å². The molecule has 7 nitrogen and oxygen atoms in total. The topological polar surface area (TPSA) is 81.1 Å². The van der Waals surface area contributed by atoms with E-state index < -0.39 is 0 Å². The van der Waals surface area contributed by atoms with Crippen molar-refractivity contribution in [1.82, 2.24) is 25.6 Å². The van der Waals surface area contributed by atoms with Crippen molar-refractivity contribution in [2.75, 3.05) is 26.2 Å². The first-order valence-electron chi connectivity index (χ1n) is 8.78. The second-order valence-electron chi connectivity index (χ2n) is 6.48. The molecule has 0 bridgehead atoms. The molecule has 1 saturated heterocycles. The summed E-state index contributed by atoms with van der Waals surface area (Å²) in [4.78, 5) is 12.3. The molecule has 1 aliphatic heterocycles. The highest BCUT2D eigenvalue weighted by Gasteiger charge is 2.22. The summed E-state index contributed by atoms with van der Waals surface area (Å²) in [5, 5.41) is 14.5. The Morgan fingerprint density at radius 1 is 1.29 bits per heavy atom. The first-order valence-corrected chi connectivity index (χ1v) is 8.78. The highest BCUT2D eigenvalue weighted by molar-refractivity contribution is 5.93. The van der Waals surface area contributed by atoms with Crippen molar-refractivity contribution >= 4 is 18.3 Å². The Kier molecular flexibility index (Phi) is 7.45. The van der Waals surface area contributed by atoms with E-state index in [1.165, 1.54) is 12.8 Å². The summed E-state index contributed by atoms with van der Waals surface area (Å²) in [5.74, 6) is -0.155. The lowest BCUT2D eigenvalue weighted by Crippen LogP contribution is -2.31. The molecule has 0 radical (unpaired) electrons. The lowest BCUT2D eigenvalue weighted by atomic mass is 10.1. The number of rotatable bonds is 6. The number of carbonyl (C=O) groups is 1. The fourth-order valence-corrected chi connectivity index (χ4v) is 3.48. The van der Waals surface area contributed by atoms with Crippen molar-refractivity contribution in [3.63, 3.8) is 0 Å². The monoisotopic (exact) mass is 357 g/mol. The molecule has 2 fully saturated rings. The molecule has 0 atom stereocenters. The molecular weight excluding hydrogens is 330 g/mol. The van der Waals surface area contributed by atoms with E-state index in [0.717, 1.165) is 44.5 Å². The van der Waals surface area contributed by atoms with E-state index in [-0.39, 0.29) is 18.3 Å². The normalized spacial score (nSPS) is 19.2. The second kappa shape index (κ2) is 9.34. The number of amides is 1. The van der Waals surface area contributed by atoms with Crippen LogP contribution in [0.4, 0.5) is 0 Å². The number of hydrogen-bond acceptors (Lipinski definition) is 5. The van der Waals surface area contributed by atoms with Crippen molar-refractivity contribution in [2.24, 2.45) is 0 Å². The van der Waals surface area contributed by atoms with Crippen LogP contribution in [0.5, 0.6) is 0 Å². The number of ether oxygens (including phenoxy) is 1. The van der Waals surface area contributed by atoms with E-state index in [1.807, 2.05) is 11.6 Å². The molecule has 136 valence electrons. The van der Waals surface area contributed by atoms with Crippen LogP contribution in [0, 0.1) is 6.92 Å². The van der Waals surface area contributed by atoms with Crippen LogP contribution in [-0.2, 0) is 4.74 Å². The van der Waals surface area contributed by atoms with Gasteiger partial charge in [0.2, 0.25) is 0 Å². The third-order valence-electron chi connectivity index (χ3n) is 4.84. The predicted octanol–water partition coefficient (Wildman–Crippen LogP) is 1.62. The molecule has 1 amide bonds. The van der Waals surface area contributed by atoms with Gasteiger partial charge < -0.3 is 15.4 Å². The maximum atomic E-state index is 12.3. The van der Waals surface area contributed by atoms with Crippen molar-refractivity contribution < 1.29 is 9.53 Å². The zero-order valence-corrected chi connectivity index (χ0v) is 15.1. The van der Waals surface area contributed by atoms with Crippen LogP contribution < -0.4 is 10.6 Å². The van der Waals surface area contributed by atoms with Crippen molar-refractivity contribution in [1.29, 1.82) is 0 Å². The SMILES string of the molecule is Cc1c(C(=O)NCCOC2CCCC2)nnn1C1CCNCC1.Cl. The number of aromatic nitrogens is 3. The van der Waals surface area contributed by atoms with Gasteiger partial charge in [-0.2, -0.15) is 0 Å². The van der Waals surface area contributed by atoms with Gasteiger partial charge in [0.05, 0.1) is 24.4 Å². The van der Waals surface area contributed by atoms with Crippen molar-refractivity contribution in [3.05, 3.63) is 11.4 Å². The number of halogens is 1.